The number of aromatic amines is 1. The van der Waals surface area contributed by atoms with Gasteiger partial charge >= 0.3 is 17.9 Å². The van der Waals surface area contributed by atoms with Gasteiger partial charge in [0.25, 0.3) is 5.56 Å². The van der Waals surface area contributed by atoms with Crippen molar-refractivity contribution < 1.29 is 33.3 Å². The third-order valence-corrected chi connectivity index (χ3v) is 3.99. The zero-order valence-corrected chi connectivity index (χ0v) is 15.3. The number of esters is 3. The number of nitrogens with zero attached hydrogens (tertiary/aromatic N) is 3. The Kier molecular flexibility index (Phi) is 5.40. The number of H-pyrrole nitrogens is 1. The molecule has 0 radical (unpaired) electrons. The lowest BCUT2D eigenvalue weighted by molar-refractivity contribution is -0.166. The van der Waals surface area contributed by atoms with E-state index in [2.05, 4.69) is 15.0 Å². The highest BCUT2D eigenvalue weighted by Crippen LogP contribution is 2.35. The van der Waals surface area contributed by atoms with Crippen molar-refractivity contribution in [1.82, 2.24) is 19.5 Å². The fraction of sp³-hybridized carbons (Fsp3) is 0.500. The Labute approximate surface area is 157 Å². The maximum Gasteiger partial charge on any atom is 0.303 e. The summed E-state index contributed by atoms with van der Waals surface area (Å²) in [7, 11) is 0. The smallest absolute Gasteiger partial charge is 0.303 e. The molecular formula is C16H18N4O8. The number of carbonyl (C=O) groups excluding carboxylic acids is 3. The first-order valence-electron chi connectivity index (χ1n) is 8.31. The first kappa shape index (κ1) is 19.5. The van der Waals surface area contributed by atoms with E-state index in [1.807, 2.05) is 0 Å². The second-order valence-electron chi connectivity index (χ2n) is 6.07. The van der Waals surface area contributed by atoms with Gasteiger partial charge in [-0.1, -0.05) is 0 Å². The second kappa shape index (κ2) is 7.76. The van der Waals surface area contributed by atoms with Gasteiger partial charge in [-0.25, -0.2) is 9.97 Å². The van der Waals surface area contributed by atoms with Gasteiger partial charge in [-0.3, -0.25) is 23.7 Å². The van der Waals surface area contributed by atoms with Crippen LogP contribution in [0.3, 0.4) is 0 Å². The Morgan fingerprint density at radius 2 is 1.79 bits per heavy atom. The number of imidazole rings is 1. The first-order valence-corrected chi connectivity index (χ1v) is 8.31. The van der Waals surface area contributed by atoms with Crippen LogP contribution in [-0.4, -0.2) is 62.3 Å². The zero-order valence-electron chi connectivity index (χ0n) is 15.3. The van der Waals surface area contributed by atoms with Crippen molar-refractivity contribution in [3.05, 3.63) is 23.0 Å². The average Bonchev–Trinajstić information content (AvgIpc) is 3.16. The molecule has 2 aromatic heterocycles. The van der Waals surface area contributed by atoms with Crippen molar-refractivity contribution >= 4 is 29.1 Å². The van der Waals surface area contributed by atoms with Crippen molar-refractivity contribution in [2.75, 3.05) is 6.61 Å². The summed E-state index contributed by atoms with van der Waals surface area (Å²) in [6.45, 7) is 3.33. The lowest BCUT2D eigenvalue weighted by atomic mass is 10.1. The number of carbonyl (C=O) groups is 3. The molecule has 0 aromatic carbocycles. The minimum atomic E-state index is -1.11. The molecule has 1 aliphatic heterocycles. The Balaban J connectivity index is 2.03. The number of fused-ring (bicyclic) bond motifs is 1. The summed E-state index contributed by atoms with van der Waals surface area (Å²) in [5.74, 6) is -1.86. The molecule has 1 N–H and O–H groups in total. The molecule has 28 heavy (non-hydrogen) atoms. The van der Waals surface area contributed by atoms with Gasteiger partial charge in [0.05, 0.1) is 6.33 Å². The van der Waals surface area contributed by atoms with Crippen LogP contribution >= 0.6 is 0 Å². The van der Waals surface area contributed by atoms with Crippen LogP contribution in [0.2, 0.25) is 0 Å². The molecule has 2 aromatic rings. The van der Waals surface area contributed by atoms with Crippen LogP contribution in [0.1, 0.15) is 27.0 Å². The van der Waals surface area contributed by atoms with Crippen LogP contribution < -0.4 is 5.56 Å². The zero-order chi connectivity index (χ0) is 20.4. The summed E-state index contributed by atoms with van der Waals surface area (Å²) >= 11 is 0. The van der Waals surface area contributed by atoms with Crippen molar-refractivity contribution in [2.45, 2.75) is 45.3 Å². The molecule has 150 valence electrons. The number of ether oxygens (including phenoxy) is 4. The van der Waals surface area contributed by atoms with Crippen LogP contribution in [0, 0.1) is 0 Å². The molecule has 0 bridgehead atoms. The molecule has 0 amide bonds. The maximum atomic E-state index is 12.2. The summed E-state index contributed by atoms with van der Waals surface area (Å²) < 4.78 is 22.8. The molecular weight excluding hydrogens is 376 g/mol. The van der Waals surface area contributed by atoms with Crippen molar-refractivity contribution in [3.8, 4) is 0 Å². The molecule has 0 unspecified atom stereocenters. The largest absolute Gasteiger partial charge is 0.463 e. The fourth-order valence-electron chi connectivity index (χ4n) is 2.99. The first-order chi connectivity index (χ1) is 13.3. The van der Waals surface area contributed by atoms with Gasteiger partial charge in [0.2, 0.25) is 0 Å². The van der Waals surface area contributed by atoms with Gasteiger partial charge < -0.3 is 23.9 Å². The summed E-state index contributed by atoms with van der Waals surface area (Å²) in [5, 5.41) is 0. The quantitative estimate of drug-likeness (QED) is 0.516. The van der Waals surface area contributed by atoms with Crippen molar-refractivity contribution in [2.24, 2.45) is 0 Å². The van der Waals surface area contributed by atoms with E-state index in [0.717, 1.165) is 0 Å². The van der Waals surface area contributed by atoms with Crippen LogP contribution in [0.25, 0.3) is 11.2 Å². The van der Waals surface area contributed by atoms with Gasteiger partial charge in [-0.05, 0) is 0 Å². The van der Waals surface area contributed by atoms with E-state index >= 15 is 0 Å². The van der Waals surface area contributed by atoms with E-state index < -0.39 is 48.0 Å². The van der Waals surface area contributed by atoms with Crippen LogP contribution in [0.4, 0.5) is 0 Å². The third kappa shape index (κ3) is 3.86. The molecule has 1 fully saturated rings. The predicted molar refractivity (Wildman–Crippen MR) is 89.8 cm³/mol. The summed E-state index contributed by atoms with van der Waals surface area (Å²) in [4.78, 5) is 57.0. The summed E-state index contributed by atoms with van der Waals surface area (Å²) in [5.41, 5.74) is -0.249. The van der Waals surface area contributed by atoms with E-state index in [1.54, 1.807) is 0 Å². The SMILES string of the molecule is CC(=O)OC[C@@H]1O[C@@H](n2cnc3nc[nH]c(=O)c32)[C@@H](OC(C)=O)[C@@H]1OC(C)=O. The molecule has 12 nitrogen and oxygen atoms in total. The number of rotatable bonds is 5. The van der Waals surface area contributed by atoms with E-state index in [0.29, 0.717) is 0 Å². The van der Waals surface area contributed by atoms with E-state index in [4.69, 9.17) is 18.9 Å². The summed E-state index contributed by atoms with van der Waals surface area (Å²) in [6, 6.07) is 0. The molecule has 3 heterocycles. The molecule has 0 aliphatic carbocycles. The molecule has 4 atom stereocenters. The van der Waals surface area contributed by atoms with Crippen LogP contribution in [0.5, 0.6) is 0 Å². The molecule has 1 aliphatic rings. The molecule has 1 saturated heterocycles. The highest BCUT2D eigenvalue weighted by Gasteiger charge is 2.51. The number of nitrogens with one attached hydrogen (secondary N) is 1. The summed E-state index contributed by atoms with van der Waals surface area (Å²) in [6.07, 6.45) is -1.68. The lowest BCUT2D eigenvalue weighted by Crippen LogP contribution is -2.40. The maximum absolute atomic E-state index is 12.2. The van der Waals surface area contributed by atoms with Gasteiger partial charge in [-0.2, -0.15) is 0 Å². The van der Waals surface area contributed by atoms with Gasteiger partial charge in [0.1, 0.15) is 19.0 Å². The Hall–Kier alpha value is -3.28. The highest BCUT2D eigenvalue weighted by molar-refractivity contribution is 5.70. The van der Waals surface area contributed by atoms with Crippen molar-refractivity contribution in [1.29, 1.82) is 0 Å². The average molecular weight is 394 g/mol. The number of hydrogen-bond donors (Lipinski definition) is 1. The monoisotopic (exact) mass is 394 g/mol. The van der Waals surface area contributed by atoms with Crippen molar-refractivity contribution in [3.63, 3.8) is 0 Å². The predicted octanol–water partition coefficient (Wildman–Crippen LogP) is -0.556. The fourth-order valence-corrected chi connectivity index (χ4v) is 2.99. The van der Waals surface area contributed by atoms with Gasteiger partial charge in [0.15, 0.2) is 29.6 Å². The van der Waals surface area contributed by atoms with E-state index in [-0.39, 0.29) is 17.8 Å². The molecule has 0 spiro atoms. The van der Waals surface area contributed by atoms with Gasteiger partial charge in [-0.15, -0.1) is 0 Å². The second-order valence-corrected chi connectivity index (χ2v) is 6.07. The third-order valence-electron chi connectivity index (χ3n) is 3.99. The molecule has 12 heteroatoms. The molecule has 3 rings (SSSR count). The van der Waals surface area contributed by atoms with Crippen LogP contribution in [-0.2, 0) is 33.3 Å². The topological polar surface area (TPSA) is 152 Å². The minimum absolute atomic E-state index is 0.0827. The minimum Gasteiger partial charge on any atom is -0.463 e. The number of hydrogen-bond acceptors (Lipinski definition) is 10. The Morgan fingerprint density at radius 1 is 1.11 bits per heavy atom. The highest BCUT2D eigenvalue weighted by atomic mass is 16.7. The van der Waals surface area contributed by atoms with E-state index in [9.17, 15) is 19.2 Å². The lowest BCUT2D eigenvalue weighted by Gasteiger charge is -2.23. The molecule has 0 saturated carbocycles. The van der Waals surface area contributed by atoms with Crippen LogP contribution in [0.15, 0.2) is 17.4 Å². The van der Waals surface area contributed by atoms with E-state index in [1.165, 1.54) is 38.0 Å². The number of aromatic nitrogens is 4. The Bertz CT molecular complexity index is 967. The van der Waals surface area contributed by atoms with Gasteiger partial charge in [0, 0.05) is 20.8 Å². The standard InChI is InChI=1S/C16H18N4O8/c1-7(21)25-4-10-12(26-8(2)22)13(27-9(3)23)16(28-10)20-6-19-14-11(20)15(24)18-5-17-14/h5-6,10,12-13,16H,4H2,1-3H3,(H,17,18,24)/t10-,12+,13-,16+/m0/s1. The Morgan fingerprint density at radius 3 is 2.43 bits per heavy atom. The normalized spacial score (nSPS) is 24.1.